The second-order valence-electron chi connectivity index (χ2n) is 8.66. The van der Waals surface area contributed by atoms with Gasteiger partial charge in [-0.3, -0.25) is 0 Å². The van der Waals surface area contributed by atoms with Crippen molar-refractivity contribution in [3.63, 3.8) is 0 Å². The molecule has 4 rings (SSSR count). The summed E-state index contributed by atoms with van der Waals surface area (Å²) in [4.78, 5) is 17.8. The first kappa shape index (κ1) is 25.6. The standard InChI is InChI=1S/C28H32N4O3S/c1-5-7-16-36-28-30-27-29-20(4)24(26(33)34-15-6-2)25(32(27)31-28)22-9-8-10-23(17-22)35-18-21-13-11-19(3)12-14-21/h6,8-14,17,25H,2,5,7,15-16,18H2,1,3-4H3,(H,29,30,31). The number of nitrogens with zero attached hydrogens (tertiary/aromatic N) is 3. The number of ether oxygens (including phenoxy) is 2. The highest BCUT2D eigenvalue weighted by molar-refractivity contribution is 7.99. The largest absolute Gasteiger partial charge is 0.489 e. The zero-order chi connectivity index (χ0) is 25.5. The molecule has 7 nitrogen and oxygen atoms in total. The summed E-state index contributed by atoms with van der Waals surface area (Å²) < 4.78 is 13.3. The number of rotatable bonds is 11. The fourth-order valence-electron chi connectivity index (χ4n) is 3.91. The fourth-order valence-corrected chi connectivity index (χ4v) is 4.82. The molecule has 1 aliphatic rings. The average Bonchev–Trinajstić information content (AvgIpc) is 3.28. The number of fused-ring (bicyclic) bond motifs is 1. The number of allylic oxidation sites excluding steroid dienone is 1. The molecule has 2 aromatic carbocycles. The number of anilines is 1. The summed E-state index contributed by atoms with van der Waals surface area (Å²) in [5.74, 6) is 1.83. The quantitative estimate of drug-likeness (QED) is 0.147. The summed E-state index contributed by atoms with van der Waals surface area (Å²) >= 11 is 1.61. The van der Waals surface area contributed by atoms with Crippen molar-refractivity contribution in [1.29, 1.82) is 0 Å². The first-order chi connectivity index (χ1) is 17.5. The summed E-state index contributed by atoms with van der Waals surface area (Å²) in [6.45, 7) is 10.3. The van der Waals surface area contributed by atoms with Crippen LogP contribution in [0.2, 0.25) is 0 Å². The lowest BCUT2D eigenvalue weighted by Gasteiger charge is -2.28. The molecule has 1 aliphatic heterocycles. The molecule has 188 valence electrons. The zero-order valence-corrected chi connectivity index (χ0v) is 21.8. The van der Waals surface area contributed by atoms with Crippen molar-refractivity contribution < 1.29 is 14.3 Å². The molecule has 0 aliphatic carbocycles. The normalized spacial score (nSPS) is 14.7. The molecular formula is C28H32N4O3S. The third-order valence-corrected chi connectivity index (χ3v) is 6.74. The van der Waals surface area contributed by atoms with Gasteiger partial charge in [-0.25, -0.2) is 9.48 Å². The molecule has 0 saturated heterocycles. The van der Waals surface area contributed by atoms with E-state index in [0.29, 0.717) is 34.7 Å². The van der Waals surface area contributed by atoms with Crippen LogP contribution in [0, 0.1) is 6.92 Å². The first-order valence-corrected chi connectivity index (χ1v) is 13.1. The van der Waals surface area contributed by atoms with Crippen LogP contribution in [0.3, 0.4) is 0 Å². The van der Waals surface area contributed by atoms with Gasteiger partial charge in [0.05, 0.1) is 5.57 Å². The number of esters is 1. The molecule has 3 aromatic rings. The lowest BCUT2D eigenvalue weighted by atomic mass is 9.95. The van der Waals surface area contributed by atoms with Gasteiger partial charge in [-0.2, -0.15) is 4.98 Å². The van der Waals surface area contributed by atoms with Crippen molar-refractivity contribution >= 4 is 23.7 Å². The van der Waals surface area contributed by atoms with Gasteiger partial charge in [-0.05, 0) is 43.5 Å². The van der Waals surface area contributed by atoms with Gasteiger partial charge in [0, 0.05) is 11.4 Å². The number of thioether (sulfide) groups is 1. The van der Waals surface area contributed by atoms with Crippen LogP contribution in [0.5, 0.6) is 5.75 Å². The van der Waals surface area contributed by atoms with E-state index in [2.05, 4.69) is 55.0 Å². The smallest absolute Gasteiger partial charge is 0.338 e. The van der Waals surface area contributed by atoms with E-state index < -0.39 is 12.0 Å². The van der Waals surface area contributed by atoms with Crippen molar-refractivity contribution in [3.8, 4) is 5.75 Å². The lowest BCUT2D eigenvalue weighted by Crippen LogP contribution is -2.29. The molecule has 1 aromatic heterocycles. The van der Waals surface area contributed by atoms with E-state index in [1.54, 1.807) is 22.5 Å². The molecule has 8 heteroatoms. The number of nitrogens with one attached hydrogen (secondary N) is 1. The number of aryl methyl sites for hydroxylation is 1. The minimum absolute atomic E-state index is 0.129. The highest BCUT2D eigenvalue weighted by Crippen LogP contribution is 2.37. The van der Waals surface area contributed by atoms with Gasteiger partial charge >= 0.3 is 5.97 Å². The molecule has 0 fully saturated rings. The number of benzene rings is 2. The molecule has 0 bridgehead atoms. The molecule has 36 heavy (non-hydrogen) atoms. The predicted octanol–water partition coefficient (Wildman–Crippen LogP) is 6.08. The van der Waals surface area contributed by atoms with Gasteiger partial charge in [-0.15, -0.1) is 5.10 Å². The predicted molar refractivity (Wildman–Crippen MR) is 143 cm³/mol. The summed E-state index contributed by atoms with van der Waals surface area (Å²) in [5.41, 5.74) is 4.32. The van der Waals surface area contributed by atoms with Crippen LogP contribution in [0.1, 0.15) is 49.4 Å². The SMILES string of the molecule is C=CCOC(=O)C1=C(C)Nc2nc(SCCCC)nn2C1c1cccc(OCc2ccc(C)cc2)c1. The summed E-state index contributed by atoms with van der Waals surface area (Å²) in [5, 5.41) is 8.68. The Balaban J connectivity index is 1.66. The Hall–Kier alpha value is -3.52. The second-order valence-corrected chi connectivity index (χ2v) is 9.73. The van der Waals surface area contributed by atoms with Gasteiger partial charge in [-0.1, -0.05) is 79.7 Å². The monoisotopic (exact) mass is 504 g/mol. The third-order valence-electron chi connectivity index (χ3n) is 5.81. The van der Waals surface area contributed by atoms with Crippen LogP contribution >= 0.6 is 11.8 Å². The van der Waals surface area contributed by atoms with E-state index in [4.69, 9.17) is 14.6 Å². The highest BCUT2D eigenvalue weighted by Gasteiger charge is 2.35. The molecule has 1 N–H and O–H groups in total. The summed E-state index contributed by atoms with van der Waals surface area (Å²) in [6, 6.07) is 15.5. The van der Waals surface area contributed by atoms with Gasteiger partial charge in [0.1, 0.15) is 25.0 Å². The Labute approximate surface area is 216 Å². The van der Waals surface area contributed by atoms with E-state index >= 15 is 0 Å². The van der Waals surface area contributed by atoms with E-state index in [-0.39, 0.29) is 6.61 Å². The maximum atomic E-state index is 13.1. The fraction of sp³-hybridized carbons (Fsp3) is 0.321. The summed E-state index contributed by atoms with van der Waals surface area (Å²) in [6.07, 6.45) is 3.75. The minimum atomic E-state index is -0.505. The van der Waals surface area contributed by atoms with Crippen LogP contribution in [-0.2, 0) is 16.1 Å². The van der Waals surface area contributed by atoms with E-state index in [1.807, 2.05) is 31.2 Å². The molecule has 0 amide bonds. The van der Waals surface area contributed by atoms with Crippen LogP contribution in [0.25, 0.3) is 0 Å². The maximum Gasteiger partial charge on any atom is 0.338 e. The van der Waals surface area contributed by atoms with Crippen LogP contribution in [-0.4, -0.2) is 33.1 Å². The van der Waals surface area contributed by atoms with Crippen LogP contribution < -0.4 is 10.1 Å². The number of carbonyl (C=O) groups is 1. The Kier molecular flexibility index (Phi) is 8.48. The average molecular weight is 505 g/mol. The van der Waals surface area contributed by atoms with Crippen LogP contribution in [0.15, 0.2) is 77.6 Å². The molecule has 1 unspecified atom stereocenters. The first-order valence-electron chi connectivity index (χ1n) is 12.1. The molecular weight excluding hydrogens is 472 g/mol. The van der Waals surface area contributed by atoms with Crippen molar-refractivity contribution in [2.45, 2.75) is 51.4 Å². The molecule has 2 heterocycles. The third kappa shape index (κ3) is 5.99. The number of carbonyl (C=O) groups excluding carboxylic acids is 1. The van der Waals surface area contributed by atoms with E-state index in [1.165, 1.54) is 5.56 Å². The molecule has 0 saturated carbocycles. The summed E-state index contributed by atoms with van der Waals surface area (Å²) in [7, 11) is 0. The van der Waals surface area contributed by atoms with Crippen molar-refractivity contribution in [2.75, 3.05) is 17.7 Å². The van der Waals surface area contributed by atoms with Gasteiger partial charge in [0.15, 0.2) is 0 Å². The van der Waals surface area contributed by atoms with Crippen molar-refractivity contribution in [2.24, 2.45) is 0 Å². The molecule has 0 spiro atoms. The van der Waals surface area contributed by atoms with E-state index in [0.717, 1.165) is 29.7 Å². The topological polar surface area (TPSA) is 78.3 Å². The Morgan fingerprint density at radius 2 is 2.03 bits per heavy atom. The Morgan fingerprint density at radius 1 is 1.22 bits per heavy atom. The number of unbranched alkanes of at least 4 members (excludes halogenated alkanes) is 1. The second kappa shape index (κ2) is 11.9. The minimum Gasteiger partial charge on any atom is -0.489 e. The maximum absolute atomic E-state index is 13.1. The van der Waals surface area contributed by atoms with Gasteiger partial charge in [0.2, 0.25) is 11.1 Å². The Bertz CT molecular complexity index is 1250. The lowest BCUT2D eigenvalue weighted by molar-refractivity contribution is -0.138. The van der Waals surface area contributed by atoms with Crippen molar-refractivity contribution in [3.05, 3.63) is 89.1 Å². The molecule has 0 radical (unpaired) electrons. The van der Waals surface area contributed by atoms with Crippen molar-refractivity contribution in [1.82, 2.24) is 14.8 Å². The Morgan fingerprint density at radius 3 is 2.78 bits per heavy atom. The van der Waals surface area contributed by atoms with Gasteiger partial charge < -0.3 is 14.8 Å². The van der Waals surface area contributed by atoms with E-state index in [9.17, 15) is 4.79 Å². The van der Waals surface area contributed by atoms with Crippen LogP contribution in [0.4, 0.5) is 5.95 Å². The number of aromatic nitrogens is 3. The number of hydrogen-bond donors (Lipinski definition) is 1. The highest BCUT2D eigenvalue weighted by atomic mass is 32.2. The number of hydrogen-bond acceptors (Lipinski definition) is 7. The van der Waals surface area contributed by atoms with Gasteiger partial charge in [0.25, 0.3) is 0 Å². The molecule has 1 atom stereocenters. The zero-order valence-electron chi connectivity index (χ0n) is 21.0.